The first kappa shape index (κ1) is 25.3. The molecule has 0 aromatic carbocycles. The first-order valence-electron chi connectivity index (χ1n) is 11.6. The summed E-state index contributed by atoms with van der Waals surface area (Å²) in [6, 6.07) is 8.92. The van der Waals surface area contributed by atoms with E-state index in [0.29, 0.717) is 44.0 Å². The molecule has 35 heavy (non-hydrogen) atoms. The number of thiophene rings is 1. The lowest BCUT2D eigenvalue weighted by molar-refractivity contribution is -0.135. The molecule has 1 saturated heterocycles. The number of rotatable bonds is 6. The van der Waals surface area contributed by atoms with Gasteiger partial charge in [0.1, 0.15) is 6.54 Å². The van der Waals surface area contributed by atoms with Gasteiger partial charge in [0.25, 0.3) is 11.5 Å². The molecule has 0 unspecified atom stereocenters. The predicted octanol–water partition coefficient (Wildman–Crippen LogP) is 3.76. The first-order chi connectivity index (χ1) is 16.6. The fraction of sp³-hybridized carbons (Fsp3) is 0.440. The van der Waals surface area contributed by atoms with Crippen molar-refractivity contribution in [2.45, 2.75) is 40.2 Å². The van der Waals surface area contributed by atoms with Gasteiger partial charge in [0.05, 0.1) is 23.2 Å². The maximum absolute atomic E-state index is 13.1. The van der Waals surface area contributed by atoms with Crippen LogP contribution in [0.2, 0.25) is 4.34 Å². The van der Waals surface area contributed by atoms with Crippen LogP contribution in [0.5, 0.6) is 0 Å². The van der Waals surface area contributed by atoms with Gasteiger partial charge in [-0.25, -0.2) is 4.68 Å². The molecule has 186 valence electrons. The summed E-state index contributed by atoms with van der Waals surface area (Å²) in [6.07, 6.45) is 2.94. The number of morpholine rings is 1. The molecule has 0 bridgehead atoms. The molecule has 1 aliphatic rings. The van der Waals surface area contributed by atoms with E-state index in [1.807, 2.05) is 39.0 Å². The Balaban J connectivity index is 1.57. The highest BCUT2D eigenvalue weighted by atomic mass is 35.5. The molecule has 0 saturated carbocycles. The Morgan fingerprint density at radius 2 is 1.86 bits per heavy atom. The quantitative estimate of drug-likeness (QED) is 0.498. The Bertz CT molecular complexity index is 1280. The summed E-state index contributed by atoms with van der Waals surface area (Å²) < 4.78 is 8.86. The fourth-order valence-electron chi connectivity index (χ4n) is 3.83. The highest BCUT2D eigenvalue weighted by Gasteiger charge is 2.27. The Kier molecular flexibility index (Phi) is 7.59. The molecule has 4 heterocycles. The molecule has 1 aliphatic heterocycles. The van der Waals surface area contributed by atoms with Gasteiger partial charge in [0.15, 0.2) is 0 Å². The Morgan fingerprint density at radius 1 is 1.11 bits per heavy atom. The Morgan fingerprint density at radius 3 is 2.49 bits per heavy atom. The smallest absolute Gasteiger partial charge is 0.252 e. The predicted molar refractivity (Wildman–Crippen MR) is 136 cm³/mol. The third kappa shape index (κ3) is 6.09. The highest BCUT2D eigenvalue weighted by molar-refractivity contribution is 7.16. The zero-order valence-electron chi connectivity index (χ0n) is 20.1. The van der Waals surface area contributed by atoms with Gasteiger partial charge < -0.3 is 14.2 Å². The molecule has 10 heteroatoms. The molecule has 1 fully saturated rings. The number of hydrogen-bond acceptors (Lipinski definition) is 6. The highest BCUT2D eigenvalue weighted by Crippen LogP contribution is 2.26. The molecule has 4 rings (SSSR count). The molecular formula is C25H29ClN4O4S. The molecule has 0 spiro atoms. The molecule has 0 atom stereocenters. The molecule has 0 radical (unpaired) electrons. The Labute approximate surface area is 213 Å². The number of aromatic nitrogens is 3. The van der Waals surface area contributed by atoms with Crippen LogP contribution in [0.1, 0.15) is 36.1 Å². The lowest BCUT2D eigenvalue weighted by Gasteiger charge is -2.27. The fourth-order valence-corrected chi connectivity index (χ4v) is 4.91. The number of nitrogens with zero attached hydrogens (tertiary/aromatic N) is 4. The van der Waals surface area contributed by atoms with Crippen LogP contribution < -0.4 is 5.56 Å². The van der Waals surface area contributed by atoms with Crippen LogP contribution in [0.3, 0.4) is 0 Å². The summed E-state index contributed by atoms with van der Waals surface area (Å²) in [5, 5.41) is 4.58. The van der Waals surface area contributed by atoms with Gasteiger partial charge in [0, 0.05) is 46.9 Å². The summed E-state index contributed by atoms with van der Waals surface area (Å²) in [7, 11) is 0. The zero-order valence-corrected chi connectivity index (χ0v) is 21.7. The summed E-state index contributed by atoms with van der Waals surface area (Å²) >= 11 is 7.57. The Hall–Kier alpha value is -2.75. The van der Waals surface area contributed by atoms with Crippen molar-refractivity contribution < 1.29 is 14.3 Å². The van der Waals surface area contributed by atoms with Crippen molar-refractivity contribution in [3.8, 4) is 11.3 Å². The van der Waals surface area contributed by atoms with Gasteiger partial charge in [-0.05, 0) is 37.1 Å². The van der Waals surface area contributed by atoms with E-state index >= 15 is 0 Å². The minimum atomic E-state index is -0.618. The van der Waals surface area contributed by atoms with Gasteiger partial charge in [-0.3, -0.25) is 14.4 Å². The summed E-state index contributed by atoms with van der Waals surface area (Å²) in [4.78, 5) is 41.3. The van der Waals surface area contributed by atoms with Crippen molar-refractivity contribution in [3.63, 3.8) is 0 Å². The zero-order chi connectivity index (χ0) is 25.2. The van der Waals surface area contributed by atoms with E-state index in [9.17, 15) is 14.4 Å². The SMILES string of the molecule is CC(C)(C)C(=O)n1nc(-c2ccn(CC(=O)N3CCOCC3)c(=O)c2)cc1CCc1ccc(Cl)s1. The van der Waals surface area contributed by atoms with Gasteiger partial charge in [-0.2, -0.15) is 5.10 Å². The van der Waals surface area contributed by atoms with Gasteiger partial charge in [0.2, 0.25) is 5.91 Å². The monoisotopic (exact) mass is 516 g/mol. The van der Waals surface area contributed by atoms with Crippen LogP contribution in [0.15, 0.2) is 41.3 Å². The summed E-state index contributed by atoms with van der Waals surface area (Å²) in [6.45, 7) is 7.63. The molecule has 3 aromatic rings. The molecule has 3 aromatic heterocycles. The number of carbonyl (C=O) groups is 2. The maximum Gasteiger partial charge on any atom is 0.252 e. The van der Waals surface area contributed by atoms with Crippen molar-refractivity contribution >= 4 is 34.8 Å². The number of hydrogen-bond donors (Lipinski definition) is 0. The van der Waals surface area contributed by atoms with E-state index in [0.717, 1.165) is 21.3 Å². The average molecular weight is 517 g/mol. The molecule has 8 nitrogen and oxygen atoms in total. The van der Waals surface area contributed by atoms with Gasteiger partial charge >= 0.3 is 0 Å². The van der Waals surface area contributed by atoms with Crippen LogP contribution in [-0.2, 0) is 28.9 Å². The number of amides is 1. The lowest BCUT2D eigenvalue weighted by atomic mass is 9.95. The first-order valence-corrected chi connectivity index (χ1v) is 12.8. The van der Waals surface area contributed by atoms with Crippen LogP contribution in [0, 0.1) is 5.41 Å². The van der Waals surface area contributed by atoms with Crippen LogP contribution in [-0.4, -0.2) is 57.4 Å². The van der Waals surface area contributed by atoms with E-state index in [1.54, 1.807) is 17.2 Å². The van der Waals surface area contributed by atoms with Crippen molar-refractivity contribution in [2.24, 2.45) is 5.41 Å². The van der Waals surface area contributed by atoms with E-state index in [-0.39, 0.29) is 23.9 Å². The second kappa shape index (κ2) is 10.5. The van der Waals surface area contributed by atoms with E-state index in [2.05, 4.69) is 5.10 Å². The largest absolute Gasteiger partial charge is 0.378 e. The number of ether oxygens (including phenoxy) is 1. The maximum atomic E-state index is 13.1. The summed E-state index contributed by atoms with van der Waals surface area (Å²) in [5.74, 6) is -0.230. The number of pyridine rings is 1. The van der Waals surface area contributed by atoms with E-state index < -0.39 is 5.41 Å². The van der Waals surface area contributed by atoms with E-state index in [1.165, 1.54) is 26.7 Å². The third-order valence-corrected chi connectivity index (χ3v) is 7.13. The van der Waals surface area contributed by atoms with Crippen LogP contribution >= 0.6 is 22.9 Å². The van der Waals surface area contributed by atoms with Crippen LogP contribution in [0.4, 0.5) is 0 Å². The van der Waals surface area contributed by atoms with E-state index in [4.69, 9.17) is 16.3 Å². The van der Waals surface area contributed by atoms with Gasteiger partial charge in [-0.15, -0.1) is 11.3 Å². The van der Waals surface area contributed by atoms with Crippen molar-refractivity contribution in [2.75, 3.05) is 26.3 Å². The summed E-state index contributed by atoms with van der Waals surface area (Å²) in [5.41, 5.74) is 1.01. The molecule has 0 aliphatic carbocycles. The second-order valence-corrected chi connectivity index (χ2v) is 11.4. The van der Waals surface area contributed by atoms with Crippen molar-refractivity contribution in [3.05, 3.63) is 61.8 Å². The minimum Gasteiger partial charge on any atom is -0.378 e. The van der Waals surface area contributed by atoms with Gasteiger partial charge in [-0.1, -0.05) is 32.4 Å². The number of carbonyl (C=O) groups excluding carboxylic acids is 2. The molecule has 0 N–H and O–H groups in total. The molecule has 1 amide bonds. The second-order valence-electron chi connectivity index (χ2n) is 9.57. The topological polar surface area (TPSA) is 86.4 Å². The van der Waals surface area contributed by atoms with Crippen molar-refractivity contribution in [1.29, 1.82) is 0 Å². The van der Waals surface area contributed by atoms with Crippen LogP contribution in [0.25, 0.3) is 11.3 Å². The third-order valence-electron chi connectivity index (χ3n) is 5.83. The number of halogens is 1. The molecular weight excluding hydrogens is 488 g/mol. The number of aryl methyl sites for hydroxylation is 2. The van der Waals surface area contributed by atoms with Crippen molar-refractivity contribution in [1.82, 2.24) is 19.2 Å². The lowest BCUT2D eigenvalue weighted by Crippen LogP contribution is -2.43. The minimum absolute atomic E-state index is 0.0231. The normalized spacial score (nSPS) is 14.3. The standard InChI is InChI=1S/C25H29ClN4O4S/c1-25(2,3)24(33)30-18(4-5-19-6-7-21(26)35-19)15-20(27-30)17-8-9-29(22(31)14-17)16-23(32)28-10-12-34-13-11-28/h6-9,14-15H,4-5,10-13,16H2,1-3H3. The average Bonchev–Trinajstić information content (AvgIpc) is 3.44.